The Labute approximate surface area is 208 Å². The van der Waals surface area contributed by atoms with Crippen molar-refractivity contribution < 1.29 is 5.11 Å². The van der Waals surface area contributed by atoms with Crippen molar-refractivity contribution in [2.24, 2.45) is 11.8 Å². The Balaban J connectivity index is 1.33. The maximum absolute atomic E-state index is 9.08. The van der Waals surface area contributed by atoms with Gasteiger partial charge in [-0.3, -0.25) is 0 Å². The molecule has 189 valence electrons. The van der Waals surface area contributed by atoms with Crippen LogP contribution in [0.4, 0.5) is 0 Å². The third kappa shape index (κ3) is 14.1. The van der Waals surface area contributed by atoms with Crippen molar-refractivity contribution in [1.82, 2.24) is 9.80 Å². The maximum atomic E-state index is 9.08. The van der Waals surface area contributed by atoms with Gasteiger partial charge in [0.15, 0.2) is 0 Å². The van der Waals surface area contributed by atoms with Gasteiger partial charge in [0.25, 0.3) is 0 Å². The third-order valence-corrected chi connectivity index (χ3v) is 9.99. The zero-order valence-corrected chi connectivity index (χ0v) is 22.6. The molecule has 2 fully saturated rings. The molecule has 0 unspecified atom stereocenters. The van der Waals surface area contributed by atoms with Crippen LogP contribution in [0, 0.1) is 18.8 Å². The molecule has 0 aromatic heterocycles. The quantitative estimate of drug-likeness (QED) is 0.158. The summed E-state index contributed by atoms with van der Waals surface area (Å²) in [6.45, 7) is 12.0. The first kappa shape index (κ1) is 28.8. The van der Waals surface area contributed by atoms with Crippen LogP contribution in [0.15, 0.2) is 0 Å². The number of hydrogen-bond acceptors (Lipinski definition) is 5. The Hall–Kier alpha value is 0.580. The van der Waals surface area contributed by atoms with E-state index in [4.69, 9.17) is 5.11 Å². The van der Waals surface area contributed by atoms with Gasteiger partial charge < -0.3 is 14.9 Å². The molecule has 1 N–H and O–H groups in total. The Morgan fingerprint density at radius 2 is 1.06 bits per heavy atom. The predicted octanol–water partition coefficient (Wildman–Crippen LogP) is 6.91. The Kier molecular flexibility index (Phi) is 17.9. The number of nitrogens with zero attached hydrogens (tertiary/aromatic N) is 2. The molecule has 0 aromatic carbocycles. The first-order valence-electron chi connectivity index (χ1n) is 13.9. The summed E-state index contributed by atoms with van der Waals surface area (Å²) in [5.41, 5.74) is 0. The van der Waals surface area contributed by atoms with E-state index in [-0.39, 0.29) is 0 Å². The number of aliphatic hydroxyl groups excluding tert-OH is 1. The lowest BCUT2D eigenvalue weighted by Gasteiger charge is -2.32. The minimum Gasteiger partial charge on any atom is -0.396 e. The van der Waals surface area contributed by atoms with Crippen LogP contribution in [0.2, 0.25) is 0 Å². The van der Waals surface area contributed by atoms with Crippen LogP contribution in [0.1, 0.15) is 96.3 Å². The Morgan fingerprint density at radius 3 is 1.53 bits per heavy atom. The van der Waals surface area contributed by atoms with Gasteiger partial charge >= 0.3 is 0 Å². The van der Waals surface area contributed by atoms with Crippen LogP contribution < -0.4 is 0 Å². The SMILES string of the molecule is [CH2]CCCCCCCCCCC1CCN(CCSSCCN2CCC(CCO)CC2)CC1. The van der Waals surface area contributed by atoms with Crippen molar-refractivity contribution >= 4 is 21.6 Å². The number of piperidine rings is 2. The van der Waals surface area contributed by atoms with E-state index in [0.29, 0.717) is 6.61 Å². The van der Waals surface area contributed by atoms with Gasteiger partial charge in [-0.1, -0.05) is 92.7 Å². The van der Waals surface area contributed by atoms with Crippen LogP contribution in [-0.2, 0) is 0 Å². The number of rotatable bonds is 19. The smallest absolute Gasteiger partial charge is 0.0433 e. The van der Waals surface area contributed by atoms with Crippen LogP contribution >= 0.6 is 21.6 Å². The van der Waals surface area contributed by atoms with Gasteiger partial charge in [-0.2, -0.15) is 0 Å². The maximum Gasteiger partial charge on any atom is 0.0433 e. The molecule has 0 saturated carbocycles. The highest BCUT2D eigenvalue weighted by molar-refractivity contribution is 8.76. The van der Waals surface area contributed by atoms with E-state index in [1.54, 1.807) is 0 Å². The summed E-state index contributed by atoms with van der Waals surface area (Å²) < 4.78 is 0. The average molecular weight is 486 g/mol. The monoisotopic (exact) mass is 485 g/mol. The van der Waals surface area contributed by atoms with Crippen molar-refractivity contribution in [2.45, 2.75) is 96.3 Å². The molecule has 2 heterocycles. The predicted molar refractivity (Wildman–Crippen MR) is 146 cm³/mol. The van der Waals surface area contributed by atoms with Crippen LogP contribution in [0.5, 0.6) is 0 Å². The summed E-state index contributed by atoms with van der Waals surface area (Å²) in [6, 6.07) is 0. The van der Waals surface area contributed by atoms with E-state index in [1.807, 2.05) is 0 Å². The molecule has 2 rings (SSSR count). The van der Waals surface area contributed by atoms with Crippen molar-refractivity contribution in [3.63, 3.8) is 0 Å². The third-order valence-electron chi connectivity index (χ3n) is 7.63. The zero-order chi connectivity index (χ0) is 22.7. The Morgan fingerprint density at radius 1 is 0.625 bits per heavy atom. The molecule has 0 bridgehead atoms. The normalized spacial score (nSPS) is 19.7. The number of unbranched alkanes of at least 4 members (excludes halogenated alkanes) is 8. The van der Waals surface area contributed by atoms with E-state index < -0.39 is 0 Å². The topological polar surface area (TPSA) is 26.7 Å². The van der Waals surface area contributed by atoms with Crippen molar-refractivity contribution in [3.05, 3.63) is 6.92 Å². The lowest BCUT2D eigenvalue weighted by molar-refractivity contribution is 0.165. The highest BCUT2D eigenvalue weighted by Gasteiger charge is 2.19. The fraction of sp³-hybridized carbons (Fsp3) is 0.963. The molecule has 0 spiro atoms. The molecule has 0 aromatic rings. The minimum atomic E-state index is 0.368. The standard InChI is InChI=1S/C27H53N2OS2/c1-2-3-4-5-6-7-8-9-10-11-26-12-17-28(18-13-26)21-24-31-32-25-22-29-19-14-27(15-20-29)16-23-30/h26-27,30H,1-25H2. The molecule has 0 amide bonds. The van der Waals surface area contributed by atoms with Gasteiger partial charge in [-0.15, -0.1) is 0 Å². The number of hydrogen-bond donors (Lipinski definition) is 1. The fourth-order valence-electron chi connectivity index (χ4n) is 5.30. The summed E-state index contributed by atoms with van der Waals surface area (Å²) >= 11 is 0. The lowest BCUT2D eigenvalue weighted by atomic mass is 9.91. The van der Waals surface area contributed by atoms with Crippen molar-refractivity contribution in [1.29, 1.82) is 0 Å². The summed E-state index contributed by atoms with van der Waals surface area (Å²) in [6.07, 6.45) is 20.5. The molecule has 32 heavy (non-hydrogen) atoms. The van der Waals surface area contributed by atoms with Gasteiger partial charge in [0, 0.05) is 31.2 Å². The van der Waals surface area contributed by atoms with Gasteiger partial charge in [0.2, 0.25) is 0 Å². The average Bonchev–Trinajstić information content (AvgIpc) is 2.82. The summed E-state index contributed by atoms with van der Waals surface area (Å²) in [5, 5.41) is 9.08. The van der Waals surface area contributed by atoms with Gasteiger partial charge in [-0.25, -0.2) is 0 Å². The molecule has 0 aliphatic carbocycles. The van der Waals surface area contributed by atoms with E-state index in [1.165, 1.54) is 134 Å². The van der Waals surface area contributed by atoms with E-state index in [0.717, 1.165) is 24.7 Å². The van der Waals surface area contributed by atoms with E-state index >= 15 is 0 Å². The highest BCUT2D eigenvalue weighted by atomic mass is 33.1. The summed E-state index contributed by atoms with van der Waals surface area (Å²) in [7, 11) is 4.16. The van der Waals surface area contributed by atoms with E-state index in [9.17, 15) is 0 Å². The molecule has 2 saturated heterocycles. The van der Waals surface area contributed by atoms with Gasteiger partial charge in [0.05, 0.1) is 0 Å². The molecule has 5 heteroatoms. The molecular formula is C27H53N2OS2. The zero-order valence-electron chi connectivity index (χ0n) is 21.0. The van der Waals surface area contributed by atoms with Crippen LogP contribution in [0.3, 0.4) is 0 Å². The molecular weight excluding hydrogens is 432 g/mol. The Bertz CT molecular complexity index is 410. The fourth-order valence-corrected chi connectivity index (χ4v) is 7.36. The van der Waals surface area contributed by atoms with Crippen LogP contribution in [-0.4, -0.2) is 72.3 Å². The lowest BCUT2D eigenvalue weighted by Crippen LogP contribution is -2.35. The molecule has 1 radical (unpaired) electrons. The first-order chi connectivity index (χ1) is 15.8. The van der Waals surface area contributed by atoms with Gasteiger partial charge in [0.1, 0.15) is 0 Å². The second-order valence-corrected chi connectivity index (χ2v) is 12.9. The molecule has 2 aliphatic rings. The van der Waals surface area contributed by atoms with Gasteiger partial charge in [-0.05, 0) is 70.1 Å². The molecule has 2 aliphatic heterocycles. The first-order valence-corrected chi connectivity index (χ1v) is 16.4. The number of likely N-dealkylation sites (tertiary alicyclic amines) is 2. The second kappa shape index (κ2) is 19.8. The highest BCUT2D eigenvalue weighted by Crippen LogP contribution is 2.26. The van der Waals surface area contributed by atoms with E-state index in [2.05, 4.69) is 38.3 Å². The van der Waals surface area contributed by atoms with Crippen LogP contribution in [0.25, 0.3) is 0 Å². The number of aliphatic hydroxyl groups is 1. The summed E-state index contributed by atoms with van der Waals surface area (Å²) in [5.74, 6) is 4.31. The van der Waals surface area contributed by atoms with Crippen molar-refractivity contribution in [3.8, 4) is 0 Å². The molecule has 3 nitrogen and oxygen atoms in total. The largest absolute Gasteiger partial charge is 0.396 e. The minimum absolute atomic E-state index is 0.368. The van der Waals surface area contributed by atoms with Crippen molar-refractivity contribution in [2.75, 3.05) is 57.4 Å². The molecule has 0 atom stereocenters. The second-order valence-electron chi connectivity index (χ2n) is 10.2. The summed E-state index contributed by atoms with van der Waals surface area (Å²) in [4.78, 5) is 5.33.